The average molecular weight is 301 g/mol. The van der Waals surface area contributed by atoms with Crippen LogP contribution in [0.3, 0.4) is 0 Å². The molecule has 1 aliphatic rings. The summed E-state index contributed by atoms with van der Waals surface area (Å²) in [5.41, 5.74) is 0. The lowest BCUT2D eigenvalue weighted by Gasteiger charge is -2.16. The molecule has 1 heterocycles. The van der Waals surface area contributed by atoms with Gasteiger partial charge in [0.1, 0.15) is 12.6 Å². The molecule has 0 aromatic carbocycles. The molecule has 116 valence electrons. The summed E-state index contributed by atoms with van der Waals surface area (Å²) in [5.74, 6) is -3.76. The van der Waals surface area contributed by atoms with Crippen LogP contribution in [0.2, 0.25) is 0 Å². The highest BCUT2D eigenvalue weighted by Gasteiger charge is 2.31. The number of carboxylic acids is 2. The number of urea groups is 1. The van der Waals surface area contributed by atoms with Gasteiger partial charge in [-0.1, -0.05) is 0 Å². The summed E-state index contributed by atoms with van der Waals surface area (Å²) in [5, 5.41) is 21.8. The number of carboxylic acid groups (broad SMARTS) is 2. The maximum Gasteiger partial charge on any atom is 0.326 e. The van der Waals surface area contributed by atoms with E-state index >= 15 is 0 Å². The van der Waals surface area contributed by atoms with Gasteiger partial charge < -0.3 is 20.8 Å². The van der Waals surface area contributed by atoms with Gasteiger partial charge in [-0.15, -0.1) is 0 Å². The number of carbonyl (C=O) groups excluding carboxylic acids is 3. The highest BCUT2D eigenvalue weighted by Crippen LogP contribution is 2.03. The molecule has 0 unspecified atom stereocenters. The quantitative estimate of drug-likeness (QED) is 0.392. The van der Waals surface area contributed by atoms with E-state index in [1.807, 2.05) is 0 Å². The van der Waals surface area contributed by atoms with E-state index in [4.69, 9.17) is 10.2 Å². The van der Waals surface area contributed by atoms with Gasteiger partial charge in [0.15, 0.2) is 0 Å². The minimum atomic E-state index is -1.31. The zero-order valence-electron chi connectivity index (χ0n) is 11.0. The number of carbonyl (C=O) groups is 5. The number of hydrogen-bond acceptors (Lipinski definition) is 5. The van der Waals surface area contributed by atoms with E-state index < -0.39 is 42.4 Å². The summed E-state index contributed by atoms with van der Waals surface area (Å²) in [6, 6.07) is -1.98. The molecule has 0 aliphatic carbocycles. The van der Waals surface area contributed by atoms with Gasteiger partial charge >= 0.3 is 18.0 Å². The van der Waals surface area contributed by atoms with E-state index in [0.29, 0.717) is 4.90 Å². The van der Waals surface area contributed by atoms with Gasteiger partial charge in [-0.05, 0) is 12.8 Å². The van der Waals surface area contributed by atoms with E-state index in [9.17, 15) is 24.0 Å². The van der Waals surface area contributed by atoms with E-state index in [2.05, 4.69) is 10.6 Å². The minimum absolute atomic E-state index is 0.0620. The van der Waals surface area contributed by atoms with E-state index in [1.54, 1.807) is 0 Å². The fourth-order valence-electron chi connectivity index (χ4n) is 1.71. The second kappa shape index (κ2) is 7.22. The number of nitrogens with one attached hydrogen (secondary N) is 2. The molecule has 1 fully saturated rings. The second-order valence-electron chi connectivity index (χ2n) is 4.38. The Hall–Kier alpha value is -2.65. The van der Waals surface area contributed by atoms with Crippen molar-refractivity contribution in [2.24, 2.45) is 0 Å². The molecule has 10 nitrogen and oxygen atoms in total. The van der Waals surface area contributed by atoms with Gasteiger partial charge in [0.25, 0.3) is 5.91 Å². The predicted octanol–water partition coefficient (Wildman–Crippen LogP) is -1.64. The summed E-state index contributed by atoms with van der Waals surface area (Å²) >= 11 is 0. The molecule has 0 saturated carbocycles. The number of rotatable bonds is 8. The first-order valence-electron chi connectivity index (χ1n) is 6.13. The maximum atomic E-state index is 11.6. The van der Waals surface area contributed by atoms with E-state index in [-0.39, 0.29) is 25.8 Å². The maximum absolute atomic E-state index is 11.6. The number of aliphatic carboxylic acids is 2. The van der Waals surface area contributed by atoms with Crippen molar-refractivity contribution in [1.29, 1.82) is 0 Å². The summed E-state index contributed by atoms with van der Waals surface area (Å²) in [6.45, 7) is -0.777. The summed E-state index contributed by atoms with van der Waals surface area (Å²) in [7, 11) is 0. The van der Waals surface area contributed by atoms with Crippen molar-refractivity contribution in [3.8, 4) is 0 Å². The molecule has 0 aromatic rings. The molecule has 4 N–H and O–H groups in total. The normalized spacial score (nSPS) is 15.5. The Labute approximate surface area is 119 Å². The average Bonchev–Trinajstić information content (AvgIpc) is 2.68. The molecule has 1 atom stereocenters. The lowest BCUT2D eigenvalue weighted by molar-refractivity contribution is -0.143. The summed E-state index contributed by atoms with van der Waals surface area (Å²) < 4.78 is 0. The fraction of sp³-hybridized carbons (Fsp3) is 0.545. The van der Waals surface area contributed by atoms with Crippen molar-refractivity contribution in [3.05, 3.63) is 0 Å². The van der Waals surface area contributed by atoms with E-state index in [1.165, 1.54) is 0 Å². The van der Waals surface area contributed by atoms with Gasteiger partial charge in [0.05, 0.1) is 6.54 Å². The lowest BCUT2D eigenvalue weighted by atomic mass is 10.1. The van der Waals surface area contributed by atoms with Crippen LogP contribution < -0.4 is 10.6 Å². The smallest absolute Gasteiger partial charge is 0.326 e. The van der Waals surface area contributed by atoms with Crippen LogP contribution in [0.25, 0.3) is 0 Å². The van der Waals surface area contributed by atoms with Crippen molar-refractivity contribution in [2.75, 3.05) is 13.1 Å². The zero-order chi connectivity index (χ0) is 16.0. The van der Waals surface area contributed by atoms with Crippen LogP contribution in [0, 0.1) is 0 Å². The molecule has 0 aromatic heterocycles. The zero-order valence-corrected chi connectivity index (χ0v) is 11.0. The summed E-state index contributed by atoms with van der Waals surface area (Å²) in [6.07, 6.45) is -0.199. The van der Waals surface area contributed by atoms with Crippen molar-refractivity contribution in [3.63, 3.8) is 0 Å². The number of amides is 4. The first-order valence-corrected chi connectivity index (χ1v) is 6.13. The highest BCUT2D eigenvalue weighted by molar-refractivity contribution is 6.04. The fourth-order valence-corrected chi connectivity index (χ4v) is 1.71. The highest BCUT2D eigenvalue weighted by atomic mass is 16.4. The Morgan fingerprint density at radius 2 is 1.95 bits per heavy atom. The first kappa shape index (κ1) is 16.4. The van der Waals surface area contributed by atoms with Crippen molar-refractivity contribution in [1.82, 2.24) is 15.5 Å². The van der Waals surface area contributed by atoms with Crippen LogP contribution in [0.4, 0.5) is 4.79 Å². The van der Waals surface area contributed by atoms with Crippen molar-refractivity contribution < 1.29 is 34.2 Å². The minimum Gasteiger partial charge on any atom is -0.481 e. The van der Waals surface area contributed by atoms with Gasteiger partial charge in [0, 0.05) is 6.42 Å². The van der Waals surface area contributed by atoms with Gasteiger partial charge in [-0.2, -0.15) is 0 Å². The molecule has 4 amide bonds. The Bertz CT molecular complexity index is 460. The number of nitrogens with zero attached hydrogens (tertiary/aromatic N) is 1. The molecule has 10 heteroatoms. The molecule has 1 saturated heterocycles. The Kier molecular flexibility index (Phi) is 5.64. The van der Waals surface area contributed by atoms with Crippen molar-refractivity contribution in [2.45, 2.75) is 25.3 Å². The third-order valence-electron chi connectivity index (χ3n) is 2.76. The van der Waals surface area contributed by atoms with E-state index in [0.717, 1.165) is 0 Å². The third-order valence-corrected chi connectivity index (χ3v) is 2.76. The van der Waals surface area contributed by atoms with Crippen LogP contribution >= 0.6 is 0 Å². The number of imide groups is 1. The Morgan fingerprint density at radius 1 is 1.29 bits per heavy atom. The Morgan fingerprint density at radius 3 is 2.43 bits per heavy atom. The topological polar surface area (TPSA) is 153 Å². The molecule has 1 aliphatic heterocycles. The molecule has 0 bridgehead atoms. The molecule has 21 heavy (non-hydrogen) atoms. The van der Waals surface area contributed by atoms with Crippen LogP contribution in [-0.4, -0.2) is 64.0 Å². The predicted molar refractivity (Wildman–Crippen MR) is 66.2 cm³/mol. The van der Waals surface area contributed by atoms with Gasteiger partial charge in [-0.3, -0.25) is 19.3 Å². The largest absolute Gasteiger partial charge is 0.481 e. The Balaban J connectivity index is 2.48. The van der Waals surface area contributed by atoms with Crippen LogP contribution in [0.1, 0.15) is 19.3 Å². The third kappa shape index (κ3) is 5.09. The number of hydrogen-bond donors (Lipinski definition) is 4. The monoisotopic (exact) mass is 301 g/mol. The standard InChI is InChI=1S/C11H15N3O7/c15-7(5-14-8(16)4-12-11(14)21)13-6(10(19)20)2-1-3-9(17)18/h6H,1-5H2,(H,12,21)(H,13,15)(H,17,18)(H,19,20)/t6-/m1/s1. The molecule has 1 rings (SSSR count). The molecular weight excluding hydrogens is 286 g/mol. The van der Waals surface area contributed by atoms with Gasteiger partial charge in [-0.25, -0.2) is 9.59 Å². The molecule has 0 spiro atoms. The van der Waals surface area contributed by atoms with Crippen LogP contribution in [0.5, 0.6) is 0 Å². The molecular formula is C11H15N3O7. The lowest BCUT2D eigenvalue weighted by Crippen LogP contribution is -2.47. The SMILES string of the molecule is O=C(O)CCC[C@@H](NC(=O)CN1C(=O)CNC1=O)C(=O)O. The second-order valence-corrected chi connectivity index (χ2v) is 4.38. The first-order chi connectivity index (χ1) is 9.81. The summed E-state index contributed by atoms with van der Waals surface area (Å²) in [4.78, 5) is 56.1. The van der Waals surface area contributed by atoms with Crippen LogP contribution in [0.15, 0.2) is 0 Å². The van der Waals surface area contributed by atoms with Crippen molar-refractivity contribution >= 4 is 29.8 Å². The van der Waals surface area contributed by atoms with Gasteiger partial charge in [0.2, 0.25) is 5.91 Å². The molecule has 0 radical (unpaired) electrons. The van der Waals surface area contributed by atoms with Crippen LogP contribution in [-0.2, 0) is 19.2 Å².